The van der Waals surface area contributed by atoms with Crippen LogP contribution in [0.4, 0.5) is 17.1 Å². The summed E-state index contributed by atoms with van der Waals surface area (Å²) in [5.41, 5.74) is 11.5. The van der Waals surface area contributed by atoms with Gasteiger partial charge >= 0.3 is 0 Å². The van der Waals surface area contributed by atoms with Crippen LogP contribution in [0, 0.1) is 6.92 Å². The first-order chi connectivity index (χ1) is 30.7. The van der Waals surface area contributed by atoms with E-state index in [1.165, 1.54) is 28.4 Å². The average Bonchev–Trinajstić information content (AvgIpc) is 3.86. The van der Waals surface area contributed by atoms with E-state index in [-0.39, 0.29) is 23.6 Å². The molecule has 0 aliphatic heterocycles. The Morgan fingerprint density at radius 1 is 0.619 bits per heavy atom. The van der Waals surface area contributed by atoms with Gasteiger partial charge < -0.3 is 27.0 Å². The van der Waals surface area contributed by atoms with Gasteiger partial charge in [-0.1, -0.05) is 115 Å². The third-order valence-corrected chi connectivity index (χ3v) is 9.73. The molecule has 0 aliphatic carbocycles. The Balaban J connectivity index is 0.000000210. The van der Waals surface area contributed by atoms with Crippen molar-refractivity contribution in [1.82, 2.24) is 30.8 Å². The van der Waals surface area contributed by atoms with Gasteiger partial charge in [-0.3, -0.25) is 24.2 Å². The Morgan fingerprint density at radius 2 is 1.08 bits per heavy atom. The normalized spacial score (nSPS) is 11.6. The summed E-state index contributed by atoms with van der Waals surface area (Å²) in [5.74, 6) is 4.71. The topological polar surface area (TPSA) is 215 Å². The zero-order chi connectivity index (χ0) is 44.4. The molecule has 63 heavy (non-hydrogen) atoms. The molecule has 0 aliphatic rings. The van der Waals surface area contributed by atoms with Crippen LogP contribution in [0.15, 0.2) is 183 Å². The zero-order valence-electron chi connectivity index (χ0n) is 34.4. The first kappa shape index (κ1) is 44.1. The summed E-state index contributed by atoms with van der Waals surface area (Å²) in [6.07, 6.45) is 5.00. The van der Waals surface area contributed by atoms with Crippen LogP contribution in [-0.4, -0.2) is 55.9 Å². The molecule has 0 spiro atoms. The fraction of sp³-hybridized carbons (Fsp3) is 0.104. The van der Waals surface area contributed by atoms with Crippen LogP contribution in [0.5, 0.6) is 0 Å². The number of hydrogen-bond acceptors (Lipinski definition) is 10. The van der Waals surface area contributed by atoms with Gasteiger partial charge in [0, 0.05) is 42.1 Å². The molecule has 7 aromatic rings. The number of aromatic nitrogens is 4. The Labute approximate surface area is 364 Å². The minimum Gasteiger partial charge on any atom is -0.403 e. The quantitative estimate of drug-likeness (QED) is 0.0545. The second-order valence-corrected chi connectivity index (χ2v) is 14.1. The number of rotatable bonds is 15. The van der Waals surface area contributed by atoms with Crippen molar-refractivity contribution in [2.24, 2.45) is 11.6 Å². The summed E-state index contributed by atoms with van der Waals surface area (Å²) in [5, 5.41) is 24.1. The molecule has 1 heterocycles. The lowest BCUT2D eigenvalue weighted by Gasteiger charge is -2.22. The van der Waals surface area contributed by atoms with Gasteiger partial charge in [-0.2, -0.15) is 4.68 Å². The number of nitrogens with two attached hydrogens (primary N) is 2. The number of amides is 4. The number of nitrogens with one attached hydrogen (secondary N) is 4. The lowest BCUT2D eigenvalue weighted by Crippen LogP contribution is -2.45. The van der Waals surface area contributed by atoms with Crippen molar-refractivity contribution in [3.8, 4) is 5.69 Å². The summed E-state index contributed by atoms with van der Waals surface area (Å²) in [6, 6.07) is 47.8. The molecular formula is C48H47N11O4. The largest absolute Gasteiger partial charge is 0.403 e. The van der Waals surface area contributed by atoms with Crippen LogP contribution in [0.2, 0.25) is 0 Å². The molecule has 0 saturated heterocycles. The van der Waals surface area contributed by atoms with Crippen molar-refractivity contribution in [3.05, 3.63) is 210 Å². The van der Waals surface area contributed by atoms with Crippen molar-refractivity contribution >= 4 is 40.7 Å². The van der Waals surface area contributed by atoms with E-state index in [2.05, 4.69) is 36.8 Å². The van der Waals surface area contributed by atoms with E-state index < -0.39 is 12.1 Å². The molecule has 15 nitrogen and oxygen atoms in total. The van der Waals surface area contributed by atoms with Crippen LogP contribution >= 0.6 is 0 Å². The maximum absolute atomic E-state index is 13.2. The van der Waals surface area contributed by atoms with Crippen molar-refractivity contribution in [2.75, 3.05) is 15.6 Å². The highest BCUT2D eigenvalue weighted by molar-refractivity contribution is 6.03. The molecule has 7 rings (SSSR count). The number of carbonyl (C=O) groups excluding carboxylic acids is 4. The Bertz CT molecular complexity index is 2590. The molecule has 0 bridgehead atoms. The molecule has 318 valence electrons. The number of benzene rings is 6. The van der Waals surface area contributed by atoms with Gasteiger partial charge in [0.1, 0.15) is 18.4 Å². The molecule has 0 fully saturated rings. The number of anilines is 3. The zero-order valence-corrected chi connectivity index (χ0v) is 34.4. The van der Waals surface area contributed by atoms with Crippen LogP contribution in [0.3, 0.4) is 0 Å². The van der Waals surface area contributed by atoms with E-state index >= 15 is 0 Å². The predicted octanol–water partition coefficient (Wildman–Crippen LogP) is 5.73. The summed E-state index contributed by atoms with van der Waals surface area (Å²) < 4.78 is 1.46. The van der Waals surface area contributed by atoms with E-state index in [4.69, 9.17) is 11.6 Å². The molecule has 8 N–H and O–H groups in total. The third-order valence-electron chi connectivity index (χ3n) is 9.73. The number of hydrazine groups is 1. The number of nitrogens with zero attached hydrogens (tertiary/aromatic N) is 5. The van der Waals surface area contributed by atoms with Gasteiger partial charge in [0.05, 0.1) is 17.1 Å². The first-order valence-electron chi connectivity index (χ1n) is 20.0. The molecule has 2 unspecified atom stereocenters. The van der Waals surface area contributed by atoms with Crippen molar-refractivity contribution < 1.29 is 19.2 Å². The molecule has 0 saturated carbocycles. The Kier molecular flexibility index (Phi) is 15.6. The van der Waals surface area contributed by atoms with E-state index in [0.29, 0.717) is 46.7 Å². The van der Waals surface area contributed by atoms with E-state index in [0.717, 1.165) is 16.7 Å². The minimum absolute atomic E-state index is 0.312. The van der Waals surface area contributed by atoms with Crippen LogP contribution < -0.4 is 37.9 Å². The molecule has 6 aromatic carbocycles. The van der Waals surface area contributed by atoms with Crippen LogP contribution in [-0.2, 0) is 22.4 Å². The molecular weight excluding hydrogens is 795 g/mol. The molecule has 4 amide bonds. The van der Waals surface area contributed by atoms with E-state index in [9.17, 15) is 19.2 Å². The van der Waals surface area contributed by atoms with Gasteiger partial charge in [0.2, 0.25) is 11.8 Å². The molecule has 15 heteroatoms. The highest BCUT2D eigenvalue weighted by atomic mass is 16.2. The van der Waals surface area contributed by atoms with Gasteiger partial charge in [0.25, 0.3) is 11.8 Å². The van der Waals surface area contributed by atoms with Crippen molar-refractivity contribution in [2.45, 2.75) is 31.8 Å². The maximum Gasteiger partial charge on any atom is 0.251 e. The fourth-order valence-corrected chi connectivity index (χ4v) is 6.48. The summed E-state index contributed by atoms with van der Waals surface area (Å²) >= 11 is 0. The number of para-hydroxylation sites is 2. The standard InChI is InChI=1S/C25H27N5O2.C23H20N6O2/c1-18-21(13-8-14-23(18)30(27)16-15-26)28-25(32)22(17-19-9-4-2-5-10-19)29-24(31)20-11-6-3-7-12-20;30-22(18-11-5-2-6-12-18)26-20(15-17-9-3-1-4-10-17)23(31)25-19-13-7-8-14-21(19)29-16-24-27-28-29/h2-16,22H,17,26-27H2,1H3,(H,28,32)(H,29,31);1-14,16,20H,15H2,(H,25,31)(H,26,30)/b16-15-;. The number of hydrogen-bond donors (Lipinski definition) is 6. The fourth-order valence-electron chi connectivity index (χ4n) is 6.48. The number of carbonyl (C=O) groups is 4. The Morgan fingerprint density at radius 3 is 1.57 bits per heavy atom. The van der Waals surface area contributed by atoms with Crippen LogP contribution in [0.25, 0.3) is 5.69 Å². The first-order valence-corrected chi connectivity index (χ1v) is 20.0. The summed E-state index contributed by atoms with van der Waals surface area (Å²) in [4.78, 5) is 51.9. The SMILES string of the molecule is Cc1c(NC(=O)C(Cc2ccccc2)NC(=O)c2ccccc2)cccc1N(N)/C=C\N.O=C(NC(Cc1ccccc1)C(=O)Nc1ccccc1-n1cnnn1)c1ccccc1. The lowest BCUT2D eigenvalue weighted by atomic mass is 10.0. The predicted molar refractivity (Wildman–Crippen MR) is 243 cm³/mol. The Hall–Kier alpha value is -8.43. The molecule has 1 aromatic heterocycles. The molecule has 0 radical (unpaired) electrons. The highest BCUT2D eigenvalue weighted by Crippen LogP contribution is 2.26. The van der Waals surface area contributed by atoms with E-state index in [1.807, 2.05) is 91.9 Å². The van der Waals surface area contributed by atoms with Gasteiger partial charge in [0.15, 0.2) is 0 Å². The second-order valence-electron chi connectivity index (χ2n) is 14.1. The molecule has 2 atom stereocenters. The van der Waals surface area contributed by atoms with Crippen molar-refractivity contribution in [3.63, 3.8) is 0 Å². The van der Waals surface area contributed by atoms with E-state index in [1.54, 1.807) is 78.9 Å². The summed E-state index contributed by atoms with van der Waals surface area (Å²) in [7, 11) is 0. The maximum atomic E-state index is 13.2. The minimum atomic E-state index is -0.781. The van der Waals surface area contributed by atoms with Gasteiger partial charge in [-0.15, -0.1) is 5.10 Å². The average molecular weight is 842 g/mol. The monoisotopic (exact) mass is 841 g/mol. The highest BCUT2D eigenvalue weighted by Gasteiger charge is 2.25. The third kappa shape index (κ3) is 12.5. The second kappa shape index (κ2) is 22.3. The number of tetrazole rings is 1. The smallest absolute Gasteiger partial charge is 0.251 e. The van der Waals surface area contributed by atoms with Crippen LogP contribution in [0.1, 0.15) is 37.4 Å². The van der Waals surface area contributed by atoms with Gasteiger partial charge in [-0.05, 0) is 82.6 Å². The summed E-state index contributed by atoms with van der Waals surface area (Å²) in [6.45, 7) is 1.85. The lowest BCUT2D eigenvalue weighted by molar-refractivity contribution is -0.118. The van der Waals surface area contributed by atoms with Crippen molar-refractivity contribution in [1.29, 1.82) is 0 Å². The van der Waals surface area contributed by atoms with Gasteiger partial charge in [-0.25, -0.2) is 5.84 Å².